The van der Waals surface area contributed by atoms with Crippen molar-refractivity contribution in [2.24, 2.45) is 4.99 Å². The van der Waals surface area contributed by atoms with Gasteiger partial charge in [0.1, 0.15) is 6.61 Å². The van der Waals surface area contributed by atoms with E-state index < -0.39 is 10.9 Å². The first-order valence-corrected chi connectivity index (χ1v) is 12.3. The Bertz CT molecular complexity index is 1350. The molecule has 1 heterocycles. The third kappa shape index (κ3) is 5.88. The molecular formula is C25H18BrIN2O6. The van der Waals surface area contributed by atoms with E-state index in [2.05, 4.69) is 43.5 Å². The zero-order valence-corrected chi connectivity index (χ0v) is 22.1. The third-order valence-electron chi connectivity index (χ3n) is 4.89. The van der Waals surface area contributed by atoms with Gasteiger partial charge in [-0.15, -0.1) is 0 Å². The van der Waals surface area contributed by atoms with Crippen molar-refractivity contribution in [3.05, 3.63) is 101 Å². The van der Waals surface area contributed by atoms with Crippen LogP contribution in [0.4, 0.5) is 5.69 Å². The molecule has 1 aliphatic rings. The van der Waals surface area contributed by atoms with Crippen molar-refractivity contribution < 1.29 is 23.9 Å². The van der Waals surface area contributed by atoms with Crippen molar-refractivity contribution in [3.8, 4) is 11.5 Å². The number of aliphatic imine (C=N–C) groups is 1. The Morgan fingerprint density at radius 3 is 2.57 bits per heavy atom. The molecule has 178 valence electrons. The predicted molar refractivity (Wildman–Crippen MR) is 143 cm³/mol. The lowest BCUT2D eigenvalue weighted by Gasteiger charge is -2.15. The molecule has 0 spiro atoms. The van der Waals surface area contributed by atoms with E-state index >= 15 is 0 Å². The van der Waals surface area contributed by atoms with Crippen LogP contribution >= 0.6 is 38.5 Å². The second-order valence-corrected chi connectivity index (χ2v) is 9.31. The number of halogens is 2. The van der Waals surface area contributed by atoms with Crippen LogP contribution in [0, 0.1) is 13.7 Å². The largest absolute Gasteiger partial charge is 0.490 e. The van der Waals surface area contributed by atoms with Gasteiger partial charge in [-0.3, -0.25) is 10.1 Å². The van der Waals surface area contributed by atoms with E-state index in [1.165, 1.54) is 12.1 Å². The van der Waals surface area contributed by atoms with Gasteiger partial charge in [0.2, 0.25) is 5.90 Å². The van der Waals surface area contributed by atoms with Crippen LogP contribution in [-0.4, -0.2) is 23.4 Å². The molecule has 0 atom stereocenters. The number of carbonyl (C=O) groups excluding carboxylic acids is 1. The van der Waals surface area contributed by atoms with Gasteiger partial charge >= 0.3 is 5.97 Å². The molecule has 8 nitrogen and oxygen atoms in total. The molecule has 0 saturated carbocycles. The monoisotopic (exact) mass is 648 g/mol. The number of rotatable bonds is 8. The van der Waals surface area contributed by atoms with Crippen LogP contribution in [0.25, 0.3) is 6.08 Å². The Kier molecular flexibility index (Phi) is 7.81. The second kappa shape index (κ2) is 11.0. The summed E-state index contributed by atoms with van der Waals surface area (Å²) in [6.45, 7) is 2.48. The third-order valence-corrected chi connectivity index (χ3v) is 6.38. The minimum atomic E-state index is -0.540. The summed E-state index contributed by atoms with van der Waals surface area (Å²) in [7, 11) is 0. The summed E-state index contributed by atoms with van der Waals surface area (Å²) >= 11 is 5.58. The Morgan fingerprint density at radius 1 is 1.14 bits per heavy atom. The molecule has 0 aromatic heterocycles. The van der Waals surface area contributed by atoms with E-state index in [1.807, 2.05) is 37.3 Å². The SMILES string of the molecule is CCOc1cc(/C=C2\N=C(c3ccccc3Br)OC2=O)cc(I)c1OCc1ccc([N+](=O)[O-])cc1. The number of nitro groups is 1. The molecule has 0 radical (unpaired) electrons. The van der Waals surface area contributed by atoms with Crippen molar-refractivity contribution >= 4 is 62.2 Å². The van der Waals surface area contributed by atoms with Gasteiger partial charge in [-0.25, -0.2) is 9.79 Å². The Balaban J connectivity index is 1.59. The average molecular weight is 649 g/mol. The molecule has 4 rings (SSSR count). The van der Waals surface area contributed by atoms with Gasteiger partial charge in [-0.2, -0.15) is 0 Å². The lowest BCUT2D eigenvalue weighted by molar-refractivity contribution is -0.384. The quantitative estimate of drug-likeness (QED) is 0.0937. The van der Waals surface area contributed by atoms with Gasteiger partial charge in [0.25, 0.3) is 5.69 Å². The van der Waals surface area contributed by atoms with Crippen LogP contribution in [0.1, 0.15) is 23.6 Å². The van der Waals surface area contributed by atoms with E-state index in [0.717, 1.165) is 13.6 Å². The molecular weight excluding hydrogens is 631 g/mol. The molecule has 3 aromatic carbocycles. The highest BCUT2D eigenvalue weighted by Gasteiger charge is 2.25. The van der Waals surface area contributed by atoms with Crippen molar-refractivity contribution in [2.45, 2.75) is 13.5 Å². The summed E-state index contributed by atoms with van der Waals surface area (Å²) in [6.07, 6.45) is 1.64. The lowest BCUT2D eigenvalue weighted by Crippen LogP contribution is -2.06. The highest BCUT2D eigenvalue weighted by molar-refractivity contribution is 14.1. The first kappa shape index (κ1) is 24.9. The molecule has 35 heavy (non-hydrogen) atoms. The van der Waals surface area contributed by atoms with Crippen LogP contribution in [0.3, 0.4) is 0 Å². The first-order valence-electron chi connectivity index (χ1n) is 10.5. The minimum absolute atomic E-state index is 0.0200. The molecule has 10 heteroatoms. The van der Waals surface area contributed by atoms with Crippen LogP contribution in [0.15, 0.2) is 75.8 Å². The normalized spacial score (nSPS) is 14.0. The summed E-state index contributed by atoms with van der Waals surface area (Å²) < 4.78 is 18.7. The number of hydrogen-bond acceptors (Lipinski definition) is 7. The number of carbonyl (C=O) groups is 1. The molecule has 0 amide bonds. The maximum atomic E-state index is 12.4. The fraction of sp³-hybridized carbons (Fsp3) is 0.120. The van der Waals surface area contributed by atoms with Crippen molar-refractivity contribution in [3.63, 3.8) is 0 Å². The maximum Gasteiger partial charge on any atom is 0.363 e. The molecule has 0 bridgehead atoms. The standard InChI is InChI=1S/C25H18BrIN2O6/c1-2-33-22-13-16(12-21-25(30)35-24(28-21)18-5-3-4-6-19(18)26)11-20(27)23(22)34-14-15-7-9-17(10-8-15)29(31)32/h3-13H,2,14H2,1H3/b21-12-. The number of esters is 1. The fourth-order valence-corrected chi connectivity index (χ4v) is 4.50. The lowest BCUT2D eigenvalue weighted by atomic mass is 10.1. The fourth-order valence-electron chi connectivity index (χ4n) is 3.26. The summed E-state index contributed by atoms with van der Waals surface area (Å²) in [5.74, 6) is 0.743. The van der Waals surface area contributed by atoms with Gasteiger partial charge in [0, 0.05) is 16.6 Å². The van der Waals surface area contributed by atoms with E-state index in [9.17, 15) is 14.9 Å². The number of cyclic esters (lactones) is 1. The van der Waals surface area contributed by atoms with Gasteiger partial charge in [-0.05, 0) is 99.0 Å². The van der Waals surface area contributed by atoms with E-state index in [4.69, 9.17) is 14.2 Å². The number of ether oxygens (including phenoxy) is 3. The number of nitrogens with zero attached hydrogens (tertiary/aromatic N) is 2. The Morgan fingerprint density at radius 2 is 1.89 bits per heavy atom. The van der Waals surface area contributed by atoms with Crippen molar-refractivity contribution in [1.82, 2.24) is 0 Å². The van der Waals surface area contributed by atoms with Crippen LogP contribution < -0.4 is 9.47 Å². The Hall–Kier alpha value is -3.25. The van der Waals surface area contributed by atoms with E-state index in [-0.39, 0.29) is 23.9 Å². The van der Waals surface area contributed by atoms with E-state index in [1.54, 1.807) is 24.3 Å². The van der Waals surface area contributed by atoms with Crippen molar-refractivity contribution in [2.75, 3.05) is 6.61 Å². The highest BCUT2D eigenvalue weighted by atomic mass is 127. The molecule has 1 aliphatic heterocycles. The van der Waals surface area contributed by atoms with Gasteiger partial charge in [0.15, 0.2) is 17.2 Å². The highest BCUT2D eigenvalue weighted by Crippen LogP contribution is 2.36. The molecule has 0 fully saturated rings. The van der Waals surface area contributed by atoms with Crippen molar-refractivity contribution in [1.29, 1.82) is 0 Å². The molecule has 0 unspecified atom stereocenters. The predicted octanol–water partition coefficient (Wildman–Crippen LogP) is 6.28. The van der Waals surface area contributed by atoms with E-state index in [0.29, 0.717) is 29.2 Å². The first-order chi connectivity index (χ1) is 16.9. The molecule has 0 N–H and O–H groups in total. The number of nitro benzene ring substituents is 1. The second-order valence-electron chi connectivity index (χ2n) is 7.29. The molecule has 3 aromatic rings. The maximum absolute atomic E-state index is 12.4. The van der Waals surface area contributed by atoms with Gasteiger partial charge < -0.3 is 14.2 Å². The van der Waals surface area contributed by atoms with Crippen LogP contribution in [0.5, 0.6) is 11.5 Å². The number of hydrogen-bond donors (Lipinski definition) is 0. The molecule has 0 aliphatic carbocycles. The van der Waals surface area contributed by atoms with Crippen LogP contribution in [-0.2, 0) is 16.1 Å². The summed E-state index contributed by atoms with van der Waals surface area (Å²) in [5.41, 5.74) is 2.36. The number of non-ortho nitro benzene ring substituents is 1. The zero-order chi connectivity index (χ0) is 24.9. The zero-order valence-electron chi connectivity index (χ0n) is 18.4. The Labute approximate surface area is 223 Å². The molecule has 0 saturated heterocycles. The van der Waals surface area contributed by atoms with Gasteiger partial charge in [0.05, 0.1) is 20.7 Å². The minimum Gasteiger partial charge on any atom is -0.490 e. The van der Waals surface area contributed by atoms with Gasteiger partial charge in [-0.1, -0.05) is 12.1 Å². The smallest absolute Gasteiger partial charge is 0.363 e. The summed E-state index contributed by atoms with van der Waals surface area (Å²) in [6, 6.07) is 17.1. The van der Waals surface area contributed by atoms with Crippen LogP contribution in [0.2, 0.25) is 0 Å². The topological polar surface area (TPSA) is 100 Å². The summed E-state index contributed by atoms with van der Waals surface area (Å²) in [5, 5.41) is 10.8. The number of benzene rings is 3. The average Bonchev–Trinajstić information content (AvgIpc) is 3.19. The summed E-state index contributed by atoms with van der Waals surface area (Å²) in [4.78, 5) is 27.2.